The molecule has 1 unspecified atom stereocenters. The topological polar surface area (TPSA) is 49.5 Å². The molecular formula is C16H28N2O. The Morgan fingerprint density at radius 2 is 1.89 bits per heavy atom. The summed E-state index contributed by atoms with van der Waals surface area (Å²) in [5, 5.41) is 9.02. The fourth-order valence-electron chi connectivity index (χ4n) is 2.36. The van der Waals surface area contributed by atoms with Crippen LogP contribution in [0.2, 0.25) is 0 Å². The highest BCUT2D eigenvalue weighted by atomic mass is 16.3. The van der Waals surface area contributed by atoms with Crippen LogP contribution in [0.1, 0.15) is 32.8 Å². The lowest BCUT2D eigenvalue weighted by Crippen LogP contribution is -2.46. The van der Waals surface area contributed by atoms with Gasteiger partial charge < -0.3 is 10.8 Å². The summed E-state index contributed by atoms with van der Waals surface area (Å²) in [4.78, 5) is 2.40. The molecule has 3 N–H and O–H groups in total. The quantitative estimate of drug-likeness (QED) is 0.755. The van der Waals surface area contributed by atoms with Crippen molar-refractivity contribution in [1.29, 1.82) is 0 Å². The molecule has 0 aromatic heterocycles. The third kappa shape index (κ3) is 4.60. The summed E-state index contributed by atoms with van der Waals surface area (Å²) in [6.07, 6.45) is 0.813. The first-order valence-electron chi connectivity index (χ1n) is 7.14. The highest BCUT2D eigenvalue weighted by molar-refractivity contribution is 5.25. The van der Waals surface area contributed by atoms with Crippen molar-refractivity contribution < 1.29 is 5.11 Å². The van der Waals surface area contributed by atoms with Crippen molar-refractivity contribution >= 4 is 0 Å². The molecule has 0 saturated heterocycles. The van der Waals surface area contributed by atoms with Gasteiger partial charge >= 0.3 is 0 Å². The molecule has 0 spiro atoms. The maximum absolute atomic E-state index is 9.02. The highest BCUT2D eigenvalue weighted by Gasteiger charge is 2.28. The Hall–Kier alpha value is -0.900. The van der Waals surface area contributed by atoms with E-state index in [2.05, 4.69) is 49.9 Å². The average Bonchev–Trinajstić information content (AvgIpc) is 2.43. The molecular weight excluding hydrogens is 236 g/mol. The molecule has 0 heterocycles. The van der Waals surface area contributed by atoms with Crippen LogP contribution in [-0.4, -0.2) is 42.3 Å². The van der Waals surface area contributed by atoms with Gasteiger partial charge in [0.1, 0.15) is 0 Å². The number of hydrogen-bond donors (Lipinski definition) is 2. The van der Waals surface area contributed by atoms with Crippen LogP contribution < -0.4 is 5.73 Å². The number of benzene rings is 1. The van der Waals surface area contributed by atoms with Gasteiger partial charge in [0.25, 0.3) is 0 Å². The zero-order valence-electron chi connectivity index (χ0n) is 12.5. The highest BCUT2D eigenvalue weighted by Crippen LogP contribution is 2.24. The standard InChI is InChI=1S/C16H28N2O/c1-14(2)18(10-7-11-19)13-16(3,12-17)15-8-5-4-6-9-15/h4-6,8-9,14,19H,7,10-13,17H2,1-3H3. The van der Waals surface area contributed by atoms with Gasteiger partial charge in [-0.05, 0) is 25.8 Å². The van der Waals surface area contributed by atoms with E-state index in [0.717, 1.165) is 19.5 Å². The molecule has 0 bridgehead atoms. The first-order valence-corrected chi connectivity index (χ1v) is 7.14. The Balaban J connectivity index is 2.83. The summed E-state index contributed by atoms with van der Waals surface area (Å²) in [5.74, 6) is 0. The van der Waals surface area contributed by atoms with E-state index in [1.165, 1.54) is 5.56 Å². The van der Waals surface area contributed by atoms with Gasteiger partial charge in [-0.3, -0.25) is 4.90 Å². The molecule has 0 radical (unpaired) electrons. The Labute approximate surface area is 117 Å². The van der Waals surface area contributed by atoms with E-state index < -0.39 is 0 Å². The number of aliphatic hydroxyl groups is 1. The summed E-state index contributed by atoms with van der Waals surface area (Å²) in [5.41, 5.74) is 7.28. The minimum Gasteiger partial charge on any atom is -0.396 e. The van der Waals surface area contributed by atoms with Crippen LogP contribution in [0.3, 0.4) is 0 Å². The van der Waals surface area contributed by atoms with Crippen molar-refractivity contribution in [3.8, 4) is 0 Å². The van der Waals surface area contributed by atoms with Gasteiger partial charge in [-0.1, -0.05) is 37.3 Å². The molecule has 0 saturated carbocycles. The summed E-state index contributed by atoms with van der Waals surface area (Å²) in [7, 11) is 0. The predicted octanol–water partition coefficient (Wildman–Crippen LogP) is 2.00. The fraction of sp³-hybridized carbons (Fsp3) is 0.625. The van der Waals surface area contributed by atoms with Crippen molar-refractivity contribution in [1.82, 2.24) is 4.90 Å². The summed E-state index contributed by atoms with van der Waals surface area (Å²) in [6, 6.07) is 10.9. The average molecular weight is 264 g/mol. The van der Waals surface area contributed by atoms with Crippen LogP contribution in [0.5, 0.6) is 0 Å². The Morgan fingerprint density at radius 3 is 2.37 bits per heavy atom. The van der Waals surface area contributed by atoms with E-state index in [-0.39, 0.29) is 12.0 Å². The van der Waals surface area contributed by atoms with Crippen LogP contribution in [-0.2, 0) is 5.41 Å². The van der Waals surface area contributed by atoms with E-state index in [9.17, 15) is 0 Å². The molecule has 1 atom stereocenters. The number of nitrogens with zero attached hydrogens (tertiary/aromatic N) is 1. The normalized spacial score (nSPS) is 14.9. The van der Waals surface area contributed by atoms with E-state index >= 15 is 0 Å². The molecule has 1 aromatic carbocycles. The van der Waals surface area contributed by atoms with Crippen molar-refractivity contribution in [3.63, 3.8) is 0 Å². The molecule has 1 aromatic rings. The second kappa shape index (κ2) is 7.63. The third-order valence-electron chi connectivity index (χ3n) is 3.81. The van der Waals surface area contributed by atoms with Crippen LogP contribution in [0.15, 0.2) is 30.3 Å². The largest absolute Gasteiger partial charge is 0.396 e. The van der Waals surface area contributed by atoms with Crippen molar-refractivity contribution in [2.24, 2.45) is 5.73 Å². The lowest BCUT2D eigenvalue weighted by molar-refractivity contribution is 0.159. The second-order valence-electron chi connectivity index (χ2n) is 5.77. The molecule has 3 nitrogen and oxygen atoms in total. The Bertz CT molecular complexity index is 353. The van der Waals surface area contributed by atoms with Crippen molar-refractivity contribution in [2.45, 2.75) is 38.6 Å². The monoisotopic (exact) mass is 264 g/mol. The van der Waals surface area contributed by atoms with Gasteiger partial charge in [0.15, 0.2) is 0 Å². The minimum atomic E-state index is -0.0407. The minimum absolute atomic E-state index is 0.0407. The number of nitrogens with two attached hydrogens (primary N) is 1. The van der Waals surface area contributed by atoms with E-state index in [4.69, 9.17) is 10.8 Å². The van der Waals surface area contributed by atoms with E-state index in [0.29, 0.717) is 12.6 Å². The summed E-state index contributed by atoms with van der Waals surface area (Å²) >= 11 is 0. The second-order valence-corrected chi connectivity index (χ2v) is 5.77. The van der Waals surface area contributed by atoms with Gasteiger partial charge in [0, 0.05) is 37.7 Å². The van der Waals surface area contributed by atoms with Crippen LogP contribution in [0.4, 0.5) is 0 Å². The molecule has 19 heavy (non-hydrogen) atoms. The van der Waals surface area contributed by atoms with Crippen molar-refractivity contribution in [3.05, 3.63) is 35.9 Å². The molecule has 3 heteroatoms. The zero-order valence-corrected chi connectivity index (χ0v) is 12.5. The maximum Gasteiger partial charge on any atom is 0.0443 e. The van der Waals surface area contributed by atoms with Gasteiger partial charge in [-0.2, -0.15) is 0 Å². The molecule has 0 fully saturated rings. The number of rotatable bonds is 8. The smallest absolute Gasteiger partial charge is 0.0443 e. The van der Waals surface area contributed by atoms with Gasteiger partial charge in [-0.25, -0.2) is 0 Å². The number of aliphatic hydroxyl groups excluding tert-OH is 1. The molecule has 0 amide bonds. The third-order valence-corrected chi connectivity index (χ3v) is 3.81. The zero-order chi connectivity index (χ0) is 14.3. The van der Waals surface area contributed by atoms with E-state index in [1.54, 1.807) is 0 Å². The Morgan fingerprint density at radius 1 is 1.26 bits per heavy atom. The molecule has 108 valence electrons. The van der Waals surface area contributed by atoms with E-state index in [1.807, 2.05) is 6.07 Å². The summed E-state index contributed by atoms with van der Waals surface area (Å²) in [6.45, 7) is 9.31. The lowest BCUT2D eigenvalue weighted by Gasteiger charge is -2.37. The lowest BCUT2D eigenvalue weighted by atomic mass is 9.81. The van der Waals surface area contributed by atoms with Crippen LogP contribution >= 0.6 is 0 Å². The predicted molar refractivity (Wildman–Crippen MR) is 81.3 cm³/mol. The fourth-order valence-corrected chi connectivity index (χ4v) is 2.36. The van der Waals surface area contributed by atoms with Crippen LogP contribution in [0, 0.1) is 0 Å². The molecule has 0 aliphatic rings. The maximum atomic E-state index is 9.02. The van der Waals surface area contributed by atoms with Crippen molar-refractivity contribution in [2.75, 3.05) is 26.2 Å². The summed E-state index contributed by atoms with van der Waals surface area (Å²) < 4.78 is 0. The Kier molecular flexibility index (Phi) is 6.49. The number of hydrogen-bond acceptors (Lipinski definition) is 3. The first kappa shape index (κ1) is 16.2. The SMILES string of the molecule is CC(C)N(CCCO)CC(C)(CN)c1ccccc1. The molecule has 0 aliphatic carbocycles. The molecule has 1 rings (SSSR count). The van der Waals surface area contributed by atoms with Gasteiger partial charge in [0.2, 0.25) is 0 Å². The van der Waals surface area contributed by atoms with Gasteiger partial charge in [0.05, 0.1) is 0 Å². The first-order chi connectivity index (χ1) is 9.03. The van der Waals surface area contributed by atoms with Gasteiger partial charge in [-0.15, -0.1) is 0 Å². The van der Waals surface area contributed by atoms with Crippen LogP contribution in [0.25, 0.3) is 0 Å². The molecule has 0 aliphatic heterocycles.